The summed E-state index contributed by atoms with van der Waals surface area (Å²) in [6.45, 7) is 5.27. The number of aryl methyl sites for hydroxylation is 1. The third-order valence-corrected chi connectivity index (χ3v) is 6.11. The highest BCUT2D eigenvalue weighted by Crippen LogP contribution is 2.26. The van der Waals surface area contributed by atoms with Gasteiger partial charge in [0.05, 0.1) is 23.5 Å². The summed E-state index contributed by atoms with van der Waals surface area (Å²) in [6.07, 6.45) is 1.85. The summed E-state index contributed by atoms with van der Waals surface area (Å²) in [6, 6.07) is 16.4. The molecule has 6 nitrogen and oxygen atoms in total. The highest BCUT2D eigenvalue weighted by Gasteiger charge is 2.24. The number of morpholine rings is 1. The Bertz CT molecular complexity index is 1160. The van der Waals surface area contributed by atoms with Crippen LogP contribution in [0.2, 0.25) is 0 Å². The van der Waals surface area contributed by atoms with E-state index in [1.54, 1.807) is 11.3 Å². The number of nitrogens with one attached hydrogen (secondary N) is 1. The zero-order chi connectivity index (χ0) is 20.3. The summed E-state index contributed by atoms with van der Waals surface area (Å²) in [7, 11) is 0. The first-order valence-electron chi connectivity index (χ1n) is 10.1. The molecule has 7 heteroatoms. The molecule has 1 aliphatic heterocycles. The molecule has 5 rings (SSSR count). The highest BCUT2D eigenvalue weighted by atomic mass is 32.1. The second-order valence-electron chi connectivity index (χ2n) is 7.45. The summed E-state index contributed by atoms with van der Waals surface area (Å²) in [4.78, 5) is 16.2. The van der Waals surface area contributed by atoms with Crippen molar-refractivity contribution in [3.05, 3.63) is 77.1 Å². The minimum Gasteiger partial charge on any atom is -0.369 e. The molecule has 0 saturated carbocycles. The fourth-order valence-electron chi connectivity index (χ4n) is 3.78. The standard InChI is InChI=1S/C23H23N5OS/c1-16-15-30-23(25-16)27-22-8-4-7-20(26-22)21-14-28(11-12-29-21)13-17-9-10-24-19-6-3-2-5-18(17)19/h2-10,15,21H,11-14H2,1H3,(H,25,26,27)/t21-/m1/s1. The van der Waals surface area contributed by atoms with Gasteiger partial charge in [0.1, 0.15) is 11.9 Å². The molecular weight excluding hydrogens is 394 g/mol. The van der Waals surface area contributed by atoms with Gasteiger partial charge in [-0.15, -0.1) is 11.3 Å². The number of thiazole rings is 1. The maximum absolute atomic E-state index is 6.07. The van der Waals surface area contributed by atoms with Gasteiger partial charge < -0.3 is 10.1 Å². The average Bonchev–Trinajstić information content (AvgIpc) is 3.19. The van der Waals surface area contributed by atoms with E-state index in [2.05, 4.69) is 44.5 Å². The van der Waals surface area contributed by atoms with Crippen LogP contribution in [0, 0.1) is 6.92 Å². The summed E-state index contributed by atoms with van der Waals surface area (Å²) in [5.74, 6) is 0.794. The van der Waals surface area contributed by atoms with Crippen LogP contribution in [0.15, 0.2) is 60.1 Å². The van der Waals surface area contributed by atoms with E-state index in [1.165, 1.54) is 10.9 Å². The van der Waals surface area contributed by atoms with Crippen LogP contribution in [0.25, 0.3) is 10.9 Å². The lowest BCUT2D eigenvalue weighted by molar-refractivity contribution is -0.0348. The minimum absolute atomic E-state index is 0.0494. The van der Waals surface area contributed by atoms with Crippen LogP contribution in [0.5, 0.6) is 0 Å². The SMILES string of the molecule is Cc1csc(Nc2cccc([C@H]3CN(Cc4ccnc5ccccc45)CCO3)n2)n1. The zero-order valence-electron chi connectivity index (χ0n) is 16.8. The molecule has 0 radical (unpaired) electrons. The third kappa shape index (κ3) is 4.18. The number of fused-ring (bicyclic) bond motifs is 1. The van der Waals surface area contributed by atoms with E-state index >= 15 is 0 Å². The molecule has 152 valence electrons. The number of benzene rings is 1. The summed E-state index contributed by atoms with van der Waals surface area (Å²) in [5, 5.41) is 7.39. The van der Waals surface area contributed by atoms with Gasteiger partial charge in [0.2, 0.25) is 0 Å². The first kappa shape index (κ1) is 19.1. The lowest BCUT2D eigenvalue weighted by Gasteiger charge is -2.33. The van der Waals surface area contributed by atoms with Gasteiger partial charge in [0, 0.05) is 36.6 Å². The molecule has 30 heavy (non-hydrogen) atoms. The van der Waals surface area contributed by atoms with Gasteiger partial charge in [0.15, 0.2) is 5.13 Å². The van der Waals surface area contributed by atoms with E-state index in [-0.39, 0.29) is 6.10 Å². The van der Waals surface area contributed by atoms with Crippen molar-refractivity contribution in [3.8, 4) is 0 Å². The lowest BCUT2D eigenvalue weighted by atomic mass is 10.1. The second kappa shape index (κ2) is 8.47. The van der Waals surface area contributed by atoms with Gasteiger partial charge >= 0.3 is 0 Å². The van der Waals surface area contributed by atoms with Gasteiger partial charge in [-0.3, -0.25) is 9.88 Å². The number of nitrogens with zero attached hydrogens (tertiary/aromatic N) is 4. The molecule has 4 heterocycles. The van der Waals surface area contributed by atoms with Crippen molar-refractivity contribution in [3.63, 3.8) is 0 Å². The zero-order valence-corrected chi connectivity index (χ0v) is 17.6. The first-order chi connectivity index (χ1) is 14.7. The molecule has 1 aromatic carbocycles. The van der Waals surface area contributed by atoms with Crippen molar-refractivity contribution >= 4 is 33.2 Å². The van der Waals surface area contributed by atoms with Gasteiger partial charge in [0.25, 0.3) is 0 Å². The number of aromatic nitrogens is 3. The summed E-state index contributed by atoms with van der Waals surface area (Å²) >= 11 is 1.58. The summed E-state index contributed by atoms with van der Waals surface area (Å²) < 4.78 is 6.07. The van der Waals surface area contributed by atoms with E-state index in [4.69, 9.17) is 9.72 Å². The second-order valence-corrected chi connectivity index (χ2v) is 8.31. The van der Waals surface area contributed by atoms with E-state index in [1.807, 2.05) is 42.8 Å². The number of para-hydroxylation sites is 1. The van der Waals surface area contributed by atoms with Crippen LogP contribution in [0.1, 0.15) is 23.1 Å². The smallest absolute Gasteiger partial charge is 0.188 e. The molecular formula is C23H23N5OS. The Balaban J connectivity index is 1.31. The largest absolute Gasteiger partial charge is 0.369 e. The Kier molecular flexibility index (Phi) is 5.40. The Labute approximate surface area is 179 Å². The lowest BCUT2D eigenvalue weighted by Crippen LogP contribution is -2.38. The highest BCUT2D eigenvalue weighted by molar-refractivity contribution is 7.13. The number of ether oxygens (including phenoxy) is 1. The molecule has 1 saturated heterocycles. The van der Waals surface area contributed by atoms with Gasteiger partial charge in [-0.1, -0.05) is 24.3 Å². The number of hydrogen-bond acceptors (Lipinski definition) is 7. The first-order valence-corrected chi connectivity index (χ1v) is 11.0. The van der Waals surface area contributed by atoms with E-state index in [0.29, 0.717) is 6.61 Å². The molecule has 1 atom stereocenters. The van der Waals surface area contributed by atoms with Crippen LogP contribution >= 0.6 is 11.3 Å². The summed E-state index contributed by atoms with van der Waals surface area (Å²) in [5.41, 5.74) is 4.28. The van der Waals surface area contributed by atoms with E-state index in [9.17, 15) is 0 Å². The van der Waals surface area contributed by atoms with Gasteiger partial charge in [-0.05, 0) is 36.8 Å². The molecule has 0 spiro atoms. The van der Waals surface area contributed by atoms with Crippen LogP contribution in [0.3, 0.4) is 0 Å². The van der Waals surface area contributed by atoms with E-state index in [0.717, 1.165) is 47.5 Å². The van der Waals surface area contributed by atoms with Gasteiger partial charge in [-0.25, -0.2) is 9.97 Å². The number of pyridine rings is 2. The van der Waals surface area contributed by atoms with E-state index < -0.39 is 0 Å². The quantitative estimate of drug-likeness (QED) is 0.507. The minimum atomic E-state index is -0.0494. The molecule has 4 aromatic rings. The van der Waals surface area contributed by atoms with Crippen molar-refractivity contribution in [1.82, 2.24) is 19.9 Å². The predicted molar refractivity (Wildman–Crippen MR) is 120 cm³/mol. The molecule has 1 fully saturated rings. The van der Waals surface area contributed by atoms with Crippen LogP contribution in [-0.2, 0) is 11.3 Å². The Morgan fingerprint density at radius 2 is 2.07 bits per heavy atom. The van der Waals surface area contributed by atoms with Crippen LogP contribution < -0.4 is 5.32 Å². The van der Waals surface area contributed by atoms with Crippen LogP contribution in [0.4, 0.5) is 10.9 Å². The normalized spacial score (nSPS) is 17.3. The van der Waals surface area contributed by atoms with Crippen molar-refractivity contribution in [2.24, 2.45) is 0 Å². The number of hydrogen-bond donors (Lipinski definition) is 1. The topological polar surface area (TPSA) is 63.2 Å². The average molecular weight is 418 g/mol. The molecule has 0 unspecified atom stereocenters. The Hall–Kier alpha value is -2.87. The maximum atomic E-state index is 6.07. The molecule has 0 aliphatic carbocycles. The Morgan fingerprint density at radius 3 is 2.97 bits per heavy atom. The fourth-order valence-corrected chi connectivity index (χ4v) is 4.48. The monoisotopic (exact) mass is 417 g/mol. The van der Waals surface area contributed by atoms with Crippen molar-refractivity contribution < 1.29 is 4.74 Å². The fraction of sp³-hybridized carbons (Fsp3) is 0.261. The van der Waals surface area contributed by atoms with Crippen molar-refractivity contribution in [1.29, 1.82) is 0 Å². The predicted octanol–water partition coefficient (Wildman–Crippen LogP) is 4.71. The maximum Gasteiger partial charge on any atom is 0.188 e. The van der Waals surface area contributed by atoms with Crippen molar-refractivity contribution in [2.45, 2.75) is 19.6 Å². The molecule has 0 bridgehead atoms. The number of rotatable bonds is 5. The Morgan fingerprint density at radius 1 is 1.13 bits per heavy atom. The molecule has 3 aromatic heterocycles. The molecule has 1 N–H and O–H groups in total. The number of anilines is 2. The van der Waals surface area contributed by atoms with Crippen molar-refractivity contribution in [2.75, 3.05) is 25.0 Å². The third-order valence-electron chi connectivity index (χ3n) is 5.24. The van der Waals surface area contributed by atoms with Gasteiger partial charge in [-0.2, -0.15) is 0 Å². The molecule has 1 aliphatic rings. The molecule has 0 amide bonds. The van der Waals surface area contributed by atoms with Crippen LogP contribution in [-0.4, -0.2) is 39.5 Å².